The van der Waals surface area contributed by atoms with Crippen LogP contribution in [0.15, 0.2) is 12.1 Å². The zero-order valence-electron chi connectivity index (χ0n) is 8.23. The molecular weight excluding hydrogens is 204 g/mol. The van der Waals surface area contributed by atoms with Gasteiger partial charge in [0.1, 0.15) is 11.5 Å². The van der Waals surface area contributed by atoms with E-state index in [1.807, 2.05) is 0 Å². The van der Waals surface area contributed by atoms with Crippen molar-refractivity contribution in [3.8, 4) is 11.5 Å². The van der Waals surface area contributed by atoms with E-state index in [-0.39, 0.29) is 11.5 Å². The van der Waals surface area contributed by atoms with E-state index in [2.05, 4.69) is 4.18 Å². The minimum atomic E-state index is -3.54. The summed E-state index contributed by atoms with van der Waals surface area (Å²) in [6.45, 7) is 3.44. The molecule has 4 nitrogen and oxygen atoms in total. The Labute approximate surface area is 83.3 Å². The second-order valence-corrected chi connectivity index (χ2v) is 4.77. The first-order valence-electron chi connectivity index (χ1n) is 3.99. The third-order valence-electron chi connectivity index (χ3n) is 1.73. The van der Waals surface area contributed by atoms with Crippen LogP contribution in [0.2, 0.25) is 0 Å². The molecule has 78 valence electrons. The fraction of sp³-hybridized carbons (Fsp3) is 0.333. The Morgan fingerprint density at radius 1 is 1.21 bits per heavy atom. The maximum atomic E-state index is 10.8. The van der Waals surface area contributed by atoms with E-state index in [0.29, 0.717) is 11.1 Å². The van der Waals surface area contributed by atoms with Crippen molar-refractivity contribution >= 4 is 10.1 Å². The summed E-state index contributed by atoms with van der Waals surface area (Å²) in [4.78, 5) is 0. The lowest BCUT2D eigenvalue weighted by Gasteiger charge is -2.08. The molecule has 0 aliphatic heterocycles. The standard InChI is InChI=1S/C9H12O4S/c1-6-4-7(2)9(5-8(6)10)13-14(3,11)12/h4-5,10H,1-3H3. The third kappa shape index (κ3) is 2.63. The van der Waals surface area contributed by atoms with E-state index in [0.717, 1.165) is 6.26 Å². The average molecular weight is 216 g/mol. The van der Waals surface area contributed by atoms with Gasteiger partial charge in [0.15, 0.2) is 0 Å². The lowest BCUT2D eigenvalue weighted by Crippen LogP contribution is -2.06. The van der Waals surface area contributed by atoms with E-state index in [4.69, 9.17) is 0 Å². The van der Waals surface area contributed by atoms with E-state index >= 15 is 0 Å². The van der Waals surface area contributed by atoms with Crippen LogP contribution in [0, 0.1) is 13.8 Å². The molecule has 0 saturated carbocycles. The Balaban J connectivity index is 3.17. The molecule has 0 unspecified atom stereocenters. The van der Waals surface area contributed by atoms with E-state index in [1.54, 1.807) is 19.9 Å². The number of rotatable bonds is 2. The lowest BCUT2D eigenvalue weighted by atomic mass is 10.1. The minimum absolute atomic E-state index is 0.0225. The highest BCUT2D eigenvalue weighted by Crippen LogP contribution is 2.27. The average Bonchev–Trinajstić information content (AvgIpc) is 1.97. The molecule has 0 aliphatic carbocycles. The Bertz CT molecular complexity index is 448. The van der Waals surface area contributed by atoms with Gasteiger partial charge in [-0.1, -0.05) is 0 Å². The molecule has 5 heteroatoms. The minimum Gasteiger partial charge on any atom is -0.508 e. The largest absolute Gasteiger partial charge is 0.508 e. The van der Waals surface area contributed by atoms with Crippen LogP contribution in [0.25, 0.3) is 0 Å². The highest BCUT2D eigenvalue weighted by atomic mass is 32.2. The Morgan fingerprint density at radius 2 is 1.79 bits per heavy atom. The molecule has 0 atom stereocenters. The number of aromatic hydroxyl groups is 1. The number of hydrogen-bond acceptors (Lipinski definition) is 4. The number of aryl methyl sites for hydroxylation is 2. The summed E-state index contributed by atoms with van der Waals surface area (Å²) in [5.74, 6) is 0.185. The summed E-state index contributed by atoms with van der Waals surface area (Å²) in [5, 5.41) is 9.35. The maximum Gasteiger partial charge on any atom is 0.306 e. The van der Waals surface area contributed by atoms with Crippen molar-refractivity contribution < 1.29 is 17.7 Å². The van der Waals surface area contributed by atoms with Gasteiger partial charge in [0.2, 0.25) is 0 Å². The zero-order chi connectivity index (χ0) is 10.9. The van der Waals surface area contributed by atoms with Gasteiger partial charge in [-0.25, -0.2) is 0 Å². The molecule has 1 aromatic carbocycles. The van der Waals surface area contributed by atoms with Gasteiger partial charge in [0, 0.05) is 6.07 Å². The van der Waals surface area contributed by atoms with Crippen LogP contribution in [0.4, 0.5) is 0 Å². The van der Waals surface area contributed by atoms with Crippen molar-refractivity contribution in [2.75, 3.05) is 6.26 Å². The summed E-state index contributed by atoms with van der Waals surface area (Å²) in [5.41, 5.74) is 1.36. The quantitative estimate of drug-likeness (QED) is 0.758. The predicted octanol–water partition coefficient (Wildman–Crippen LogP) is 1.35. The summed E-state index contributed by atoms with van der Waals surface area (Å²) in [6, 6.07) is 2.96. The van der Waals surface area contributed by atoms with Crippen LogP contribution in [0.5, 0.6) is 11.5 Å². The van der Waals surface area contributed by atoms with Crippen LogP contribution in [0.3, 0.4) is 0 Å². The van der Waals surface area contributed by atoms with E-state index < -0.39 is 10.1 Å². The molecule has 0 saturated heterocycles. The highest BCUT2D eigenvalue weighted by Gasteiger charge is 2.09. The molecule has 0 aromatic heterocycles. The zero-order valence-corrected chi connectivity index (χ0v) is 9.05. The number of phenolic OH excluding ortho intramolecular Hbond substituents is 1. The van der Waals surface area contributed by atoms with Crippen LogP contribution in [-0.4, -0.2) is 19.8 Å². The fourth-order valence-corrected chi connectivity index (χ4v) is 1.58. The molecule has 0 heterocycles. The molecule has 14 heavy (non-hydrogen) atoms. The van der Waals surface area contributed by atoms with Crippen LogP contribution in [-0.2, 0) is 10.1 Å². The number of phenols is 1. The maximum absolute atomic E-state index is 10.8. The molecule has 1 aromatic rings. The topological polar surface area (TPSA) is 63.6 Å². The molecular formula is C9H12O4S. The van der Waals surface area contributed by atoms with Gasteiger partial charge in [-0.05, 0) is 31.0 Å². The Hall–Kier alpha value is -1.23. The monoisotopic (exact) mass is 216 g/mol. The van der Waals surface area contributed by atoms with Crippen LogP contribution < -0.4 is 4.18 Å². The summed E-state index contributed by atoms with van der Waals surface area (Å²) >= 11 is 0. The van der Waals surface area contributed by atoms with Gasteiger partial charge in [-0.15, -0.1) is 0 Å². The van der Waals surface area contributed by atoms with E-state index in [1.165, 1.54) is 6.07 Å². The second-order valence-electron chi connectivity index (χ2n) is 3.19. The van der Waals surface area contributed by atoms with Crippen molar-refractivity contribution in [3.05, 3.63) is 23.3 Å². The van der Waals surface area contributed by atoms with Crippen LogP contribution in [0.1, 0.15) is 11.1 Å². The van der Waals surface area contributed by atoms with Crippen molar-refractivity contribution in [1.29, 1.82) is 0 Å². The van der Waals surface area contributed by atoms with Crippen molar-refractivity contribution in [2.45, 2.75) is 13.8 Å². The molecule has 1 N–H and O–H groups in total. The molecule has 0 aliphatic rings. The Morgan fingerprint density at radius 3 is 2.29 bits per heavy atom. The molecule has 0 radical (unpaired) electrons. The second kappa shape index (κ2) is 3.49. The summed E-state index contributed by atoms with van der Waals surface area (Å²) in [7, 11) is -3.54. The highest BCUT2D eigenvalue weighted by molar-refractivity contribution is 7.86. The third-order valence-corrected chi connectivity index (χ3v) is 2.22. The fourth-order valence-electron chi connectivity index (χ4n) is 1.07. The van der Waals surface area contributed by atoms with Crippen molar-refractivity contribution in [3.63, 3.8) is 0 Å². The number of benzene rings is 1. The molecule has 0 fully saturated rings. The first-order chi connectivity index (χ1) is 6.29. The molecule has 0 amide bonds. The van der Waals surface area contributed by atoms with Gasteiger partial charge in [0.25, 0.3) is 0 Å². The SMILES string of the molecule is Cc1cc(C)c(OS(C)(=O)=O)cc1O. The molecule has 0 spiro atoms. The smallest absolute Gasteiger partial charge is 0.306 e. The summed E-state index contributed by atoms with van der Waals surface area (Å²) < 4.78 is 26.4. The summed E-state index contributed by atoms with van der Waals surface area (Å²) in [6.07, 6.45) is 0.962. The normalized spacial score (nSPS) is 11.4. The van der Waals surface area contributed by atoms with Crippen molar-refractivity contribution in [1.82, 2.24) is 0 Å². The molecule has 1 rings (SSSR count). The lowest BCUT2D eigenvalue weighted by molar-refractivity contribution is 0.460. The van der Waals surface area contributed by atoms with Crippen LogP contribution >= 0.6 is 0 Å². The van der Waals surface area contributed by atoms with Crippen molar-refractivity contribution in [2.24, 2.45) is 0 Å². The first kappa shape index (κ1) is 10.8. The number of hydrogen-bond donors (Lipinski definition) is 1. The Kier molecular flexibility index (Phi) is 2.71. The van der Waals surface area contributed by atoms with Gasteiger partial charge in [0.05, 0.1) is 6.26 Å². The van der Waals surface area contributed by atoms with Gasteiger partial charge >= 0.3 is 10.1 Å². The van der Waals surface area contributed by atoms with Gasteiger partial charge in [-0.3, -0.25) is 0 Å². The van der Waals surface area contributed by atoms with E-state index in [9.17, 15) is 13.5 Å². The van der Waals surface area contributed by atoms with Gasteiger partial charge in [-0.2, -0.15) is 8.42 Å². The molecule has 0 bridgehead atoms. The van der Waals surface area contributed by atoms with Gasteiger partial charge < -0.3 is 9.29 Å². The predicted molar refractivity (Wildman–Crippen MR) is 53.1 cm³/mol. The first-order valence-corrected chi connectivity index (χ1v) is 5.81.